The van der Waals surface area contributed by atoms with Gasteiger partial charge in [-0.25, -0.2) is 0 Å². The quantitative estimate of drug-likeness (QED) is 0.766. The summed E-state index contributed by atoms with van der Waals surface area (Å²) in [5.41, 5.74) is 1.49. The normalized spacial score (nSPS) is 16.6. The lowest BCUT2D eigenvalue weighted by atomic mass is 9.96. The Kier molecular flexibility index (Phi) is 7.15. The van der Waals surface area contributed by atoms with Crippen molar-refractivity contribution < 1.29 is 14.3 Å². The molecule has 6 heteroatoms. The Morgan fingerprint density at radius 1 is 1.17 bits per heavy atom. The van der Waals surface area contributed by atoms with E-state index in [4.69, 9.17) is 16.3 Å². The van der Waals surface area contributed by atoms with Crippen LogP contribution in [0, 0.1) is 5.92 Å². The van der Waals surface area contributed by atoms with Gasteiger partial charge < -0.3 is 15.0 Å². The number of nitrogens with zero attached hydrogens (tertiary/aromatic N) is 1. The first-order valence-corrected chi connectivity index (χ1v) is 10.4. The van der Waals surface area contributed by atoms with E-state index in [0.29, 0.717) is 30.2 Å². The van der Waals surface area contributed by atoms with Gasteiger partial charge in [-0.2, -0.15) is 0 Å². The van der Waals surface area contributed by atoms with E-state index in [1.54, 1.807) is 29.2 Å². The molecule has 0 aliphatic carbocycles. The highest BCUT2D eigenvalue weighted by Gasteiger charge is 2.29. The molecule has 0 radical (unpaired) electrons. The first-order valence-electron chi connectivity index (χ1n) is 10.0. The first-order chi connectivity index (χ1) is 13.9. The minimum Gasteiger partial charge on any atom is -0.491 e. The van der Waals surface area contributed by atoms with Crippen molar-refractivity contribution in [3.8, 4) is 5.75 Å². The van der Waals surface area contributed by atoms with Crippen LogP contribution in [-0.4, -0.2) is 35.9 Å². The van der Waals surface area contributed by atoms with E-state index in [-0.39, 0.29) is 23.8 Å². The maximum absolute atomic E-state index is 12.8. The highest BCUT2D eigenvalue weighted by molar-refractivity contribution is 6.33. The third kappa shape index (κ3) is 5.73. The van der Waals surface area contributed by atoms with Gasteiger partial charge in [0.25, 0.3) is 5.91 Å². The smallest absolute Gasteiger partial charge is 0.255 e. The van der Waals surface area contributed by atoms with Gasteiger partial charge in [0.15, 0.2) is 0 Å². The lowest BCUT2D eigenvalue weighted by Gasteiger charge is -2.32. The summed E-state index contributed by atoms with van der Waals surface area (Å²) in [5, 5.41) is 3.43. The van der Waals surface area contributed by atoms with Gasteiger partial charge in [-0.05, 0) is 56.5 Å². The number of carbonyl (C=O) groups excluding carboxylic acids is 2. The SMILES string of the molecule is CC(C)Oc1ccc(CNC(=O)[C@H]2CCCN(C(=O)c3ccccc3Cl)C2)cc1. The van der Waals surface area contributed by atoms with Gasteiger partial charge in [0.2, 0.25) is 5.91 Å². The van der Waals surface area contributed by atoms with Crippen molar-refractivity contribution in [2.75, 3.05) is 13.1 Å². The molecule has 2 aromatic carbocycles. The van der Waals surface area contributed by atoms with Crippen LogP contribution < -0.4 is 10.1 Å². The predicted octanol–water partition coefficient (Wildman–Crippen LogP) is 4.30. The summed E-state index contributed by atoms with van der Waals surface area (Å²) in [5.74, 6) is 0.466. The lowest BCUT2D eigenvalue weighted by molar-refractivity contribution is -0.126. The van der Waals surface area contributed by atoms with Gasteiger partial charge in [-0.3, -0.25) is 9.59 Å². The zero-order chi connectivity index (χ0) is 20.8. The molecule has 1 aliphatic rings. The van der Waals surface area contributed by atoms with Gasteiger partial charge in [-0.15, -0.1) is 0 Å². The Bertz CT molecular complexity index is 851. The predicted molar refractivity (Wildman–Crippen MR) is 114 cm³/mol. The summed E-state index contributed by atoms with van der Waals surface area (Å²) in [4.78, 5) is 27.2. The Balaban J connectivity index is 1.54. The molecular weight excluding hydrogens is 388 g/mol. The van der Waals surface area contributed by atoms with E-state index in [1.165, 1.54) is 0 Å². The van der Waals surface area contributed by atoms with Crippen molar-refractivity contribution in [3.05, 3.63) is 64.7 Å². The highest BCUT2D eigenvalue weighted by Crippen LogP contribution is 2.22. The Labute approximate surface area is 177 Å². The number of ether oxygens (including phenoxy) is 1. The number of benzene rings is 2. The maximum Gasteiger partial charge on any atom is 0.255 e. The molecule has 1 N–H and O–H groups in total. The molecule has 2 amide bonds. The largest absolute Gasteiger partial charge is 0.491 e. The van der Waals surface area contributed by atoms with E-state index in [2.05, 4.69) is 5.32 Å². The van der Waals surface area contributed by atoms with Crippen LogP contribution in [0.3, 0.4) is 0 Å². The average Bonchev–Trinajstić information content (AvgIpc) is 2.72. The van der Waals surface area contributed by atoms with E-state index in [0.717, 1.165) is 24.2 Å². The molecule has 3 rings (SSSR count). The van der Waals surface area contributed by atoms with Crippen molar-refractivity contribution in [2.24, 2.45) is 5.92 Å². The molecule has 29 heavy (non-hydrogen) atoms. The minimum atomic E-state index is -0.210. The number of piperidine rings is 1. The van der Waals surface area contributed by atoms with E-state index >= 15 is 0 Å². The molecular formula is C23H27ClN2O3. The molecule has 0 unspecified atom stereocenters. The van der Waals surface area contributed by atoms with Crippen molar-refractivity contribution in [2.45, 2.75) is 39.3 Å². The number of hydrogen-bond acceptors (Lipinski definition) is 3. The third-order valence-corrected chi connectivity index (χ3v) is 5.28. The Hall–Kier alpha value is -2.53. The molecule has 1 aliphatic heterocycles. The van der Waals surface area contributed by atoms with Crippen LogP contribution in [0.25, 0.3) is 0 Å². The fraction of sp³-hybridized carbons (Fsp3) is 0.391. The second kappa shape index (κ2) is 9.79. The highest BCUT2D eigenvalue weighted by atomic mass is 35.5. The van der Waals surface area contributed by atoms with Crippen LogP contribution >= 0.6 is 11.6 Å². The molecule has 1 fully saturated rings. The molecule has 154 valence electrons. The van der Waals surface area contributed by atoms with Crippen molar-refractivity contribution in [1.82, 2.24) is 10.2 Å². The van der Waals surface area contributed by atoms with Crippen LogP contribution in [0.1, 0.15) is 42.6 Å². The zero-order valence-corrected chi connectivity index (χ0v) is 17.6. The lowest BCUT2D eigenvalue weighted by Crippen LogP contribution is -2.45. The number of halogens is 1. The monoisotopic (exact) mass is 414 g/mol. The van der Waals surface area contributed by atoms with E-state index in [1.807, 2.05) is 38.1 Å². The number of amides is 2. The summed E-state index contributed by atoms with van der Waals surface area (Å²) < 4.78 is 5.63. The van der Waals surface area contributed by atoms with Crippen LogP contribution in [0.2, 0.25) is 5.02 Å². The second-order valence-corrected chi connectivity index (χ2v) is 8.01. The first kappa shape index (κ1) is 21.2. The van der Waals surface area contributed by atoms with Gasteiger partial charge in [0.1, 0.15) is 5.75 Å². The molecule has 0 bridgehead atoms. The third-order valence-electron chi connectivity index (χ3n) is 4.95. The van der Waals surface area contributed by atoms with Gasteiger partial charge in [0, 0.05) is 19.6 Å². The van der Waals surface area contributed by atoms with Crippen molar-refractivity contribution >= 4 is 23.4 Å². The number of rotatable bonds is 6. The number of carbonyl (C=O) groups is 2. The molecule has 2 aromatic rings. The average molecular weight is 415 g/mol. The molecule has 0 saturated carbocycles. The molecule has 5 nitrogen and oxygen atoms in total. The minimum absolute atomic E-state index is 0.0239. The molecule has 1 heterocycles. The topological polar surface area (TPSA) is 58.6 Å². The number of hydrogen-bond donors (Lipinski definition) is 1. The summed E-state index contributed by atoms with van der Waals surface area (Å²) >= 11 is 6.16. The van der Waals surface area contributed by atoms with Gasteiger partial charge in [-0.1, -0.05) is 35.9 Å². The number of nitrogens with one attached hydrogen (secondary N) is 1. The van der Waals surface area contributed by atoms with Crippen LogP contribution in [0.4, 0.5) is 0 Å². The van der Waals surface area contributed by atoms with E-state index < -0.39 is 0 Å². The van der Waals surface area contributed by atoms with Crippen LogP contribution in [-0.2, 0) is 11.3 Å². The Morgan fingerprint density at radius 3 is 2.59 bits per heavy atom. The maximum atomic E-state index is 12.8. The molecule has 1 saturated heterocycles. The fourth-order valence-corrected chi connectivity index (χ4v) is 3.69. The summed E-state index contributed by atoms with van der Waals surface area (Å²) in [6.45, 7) is 5.48. The zero-order valence-electron chi connectivity index (χ0n) is 16.9. The van der Waals surface area contributed by atoms with Crippen molar-refractivity contribution in [1.29, 1.82) is 0 Å². The molecule has 0 spiro atoms. The van der Waals surface area contributed by atoms with Crippen LogP contribution in [0.5, 0.6) is 5.75 Å². The summed E-state index contributed by atoms with van der Waals surface area (Å²) in [6, 6.07) is 14.7. The Morgan fingerprint density at radius 2 is 1.90 bits per heavy atom. The molecule has 1 atom stereocenters. The van der Waals surface area contributed by atoms with E-state index in [9.17, 15) is 9.59 Å². The van der Waals surface area contributed by atoms with Gasteiger partial charge >= 0.3 is 0 Å². The van der Waals surface area contributed by atoms with Gasteiger partial charge in [0.05, 0.1) is 22.6 Å². The molecule has 0 aromatic heterocycles. The standard InChI is InChI=1S/C23H27ClN2O3/c1-16(2)29-19-11-9-17(10-12-19)14-25-22(27)18-6-5-13-26(15-18)23(28)20-7-3-4-8-21(20)24/h3-4,7-12,16,18H,5-6,13-15H2,1-2H3,(H,25,27)/t18-/m0/s1. The summed E-state index contributed by atoms with van der Waals surface area (Å²) in [6.07, 6.45) is 1.71. The van der Waals surface area contributed by atoms with Crippen LogP contribution in [0.15, 0.2) is 48.5 Å². The summed E-state index contributed by atoms with van der Waals surface area (Å²) in [7, 11) is 0. The van der Waals surface area contributed by atoms with Crippen molar-refractivity contribution in [3.63, 3.8) is 0 Å². The second-order valence-electron chi connectivity index (χ2n) is 7.60. The number of likely N-dealkylation sites (tertiary alicyclic amines) is 1. The fourth-order valence-electron chi connectivity index (χ4n) is 3.47.